The minimum absolute atomic E-state index is 0.0586. The number of imidazole rings is 1. The molecule has 21 heavy (non-hydrogen) atoms. The summed E-state index contributed by atoms with van der Waals surface area (Å²) in [6, 6.07) is 5.65. The summed E-state index contributed by atoms with van der Waals surface area (Å²) in [4.78, 5) is 3.96. The average Bonchev–Trinajstić information content (AvgIpc) is 3.04. The van der Waals surface area contributed by atoms with Gasteiger partial charge in [-0.3, -0.25) is 4.31 Å². The smallest absolute Gasteiger partial charge is 0.283 e. The van der Waals surface area contributed by atoms with Crippen LogP contribution in [0.2, 0.25) is 0 Å². The molecule has 1 aromatic heterocycles. The maximum Gasteiger partial charge on any atom is 0.283 e. The van der Waals surface area contributed by atoms with Gasteiger partial charge in [-0.05, 0) is 30.5 Å². The summed E-state index contributed by atoms with van der Waals surface area (Å²) < 4.78 is 28.4. The normalized spacial score (nSPS) is 16.0. The van der Waals surface area contributed by atoms with Crippen molar-refractivity contribution in [1.29, 1.82) is 0 Å². The third-order valence-corrected chi connectivity index (χ3v) is 5.42. The second-order valence-electron chi connectivity index (χ2n) is 5.38. The first-order chi connectivity index (χ1) is 9.89. The molecule has 0 amide bonds. The van der Waals surface area contributed by atoms with Crippen molar-refractivity contribution in [3.63, 3.8) is 0 Å². The number of aryl methyl sites for hydroxylation is 1. The summed E-state index contributed by atoms with van der Waals surface area (Å²) in [7, 11) is -1.85. The molecule has 2 aromatic rings. The van der Waals surface area contributed by atoms with Crippen LogP contribution in [-0.4, -0.2) is 24.5 Å². The summed E-state index contributed by atoms with van der Waals surface area (Å²) in [6.45, 7) is 2.36. The number of rotatable bonds is 3. The Balaban J connectivity index is 2.01. The molecule has 0 aliphatic carbocycles. The number of nitrogens with zero attached hydrogens (tertiary/aromatic N) is 3. The molecule has 2 N–H and O–H groups in total. The van der Waals surface area contributed by atoms with Crippen molar-refractivity contribution in [3.8, 4) is 0 Å². The van der Waals surface area contributed by atoms with E-state index in [9.17, 15) is 8.42 Å². The summed E-state index contributed by atoms with van der Waals surface area (Å²) in [5.74, 6) is 0. The average molecular weight is 306 g/mol. The number of sulfonamides is 1. The Labute approximate surface area is 124 Å². The third kappa shape index (κ3) is 2.32. The quantitative estimate of drug-likeness (QED) is 0.923. The van der Waals surface area contributed by atoms with Gasteiger partial charge in [-0.15, -0.1) is 0 Å². The standard InChI is InChI=1S/C14H18N4O2S/c1-10(15)11-3-4-13-12(7-11)5-6-18(13)21(19,20)14-8-17(2)9-16-14/h3-4,7-10H,5-6,15H2,1-2H3. The molecule has 3 rings (SSSR count). The second-order valence-corrected chi connectivity index (χ2v) is 7.19. The van der Waals surface area contributed by atoms with Crippen molar-refractivity contribution in [2.45, 2.75) is 24.4 Å². The van der Waals surface area contributed by atoms with Gasteiger partial charge in [-0.25, -0.2) is 4.98 Å². The molecular weight excluding hydrogens is 288 g/mol. The summed E-state index contributed by atoms with van der Waals surface area (Å²) >= 11 is 0. The molecule has 112 valence electrons. The van der Waals surface area contributed by atoms with Gasteiger partial charge in [0.15, 0.2) is 5.03 Å². The van der Waals surface area contributed by atoms with Crippen LogP contribution in [0.15, 0.2) is 35.7 Å². The summed E-state index contributed by atoms with van der Waals surface area (Å²) in [6.07, 6.45) is 3.70. The lowest BCUT2D eigenvalue weighted by Crippen LogP contribution is -2.29. The highest BCUT2D eigenvalue weighted by Crippen LogP contribution is 2.33. The number of benzene rings is 1. The van der Waals surface area contributed by atoms with E-state index in [-0.39, 0.29) is 11.1 Å². The Bertz CT molecular complexity index is 780. The highest BCUT2D eigenvalue weighted by Gasteiger charge is 2.32. The van der Waals surface area contributed by atoms with Gasteiger partial charge in [0, 0.05) is 25.8 Å². The fraction of sp³-hybridized carbons (Fsp3) is 0.357. The molecule has 1 aliphatic heterocycles. The number of anilines is 1. The second kappa shape index (κ2) is 4.85. The van der Waals surface area contributed by atoms with Crippen LogP contribution in [0, 0.1) is 0 Å². The molecule has 1 aliphatic rings. The Morgan fingerprint density at radius 2 is 2.14 bits per heavy atom. The van der Waals surface area contributed by atoms with Crippen LogP contribution >= 0.6 is 0 Å². The maximum atomic E-state index is 12.7. The van der Waals surface area contributed by atoms with Gasteiger partial charge in [-0.2, -0.15) is 8.42 Å². The number of hydrogen-bond acceptors (Lipinski definition) is 4. The first kappa shape index (κ1) is 14.1. The fourth-order valence-electron chi connectivity index (χ4n) is 2.56. The highest BCUT2D eigenvalue weighted by atomic mass is 32.2. The van der Waals surface area contributed by atoms with Crippen LogP contribution in [0.4, 0.5) is 5.69 Å². The van der Waals surface area contributed by atoms with Crippen LogP contribution in [-0.2, 0) is 23.5 Å². The molecule has 2 heterocycles. The lowest BCUT2D eigenvalue weighted by atomic mass is 10.0. The Morgan fingerprint density at radius 1 is 1.38 bits per heavy atom. The maximum absolute atomic E-state index is 12.7. The number of aromatic nitrogens is 2. The Morgan fingerprint density at radius 3 is 2.76 bits per heavy atom. The van der Waals surface area contributed by atoms with Gasteiger partial charge < -0.3 is 10.3 Å². The van der Waals surface area contributed by atoms with E-state index in [1.165, 1.54) is 16.8 Å². The molecule has 1 atom stereocenters. The minimum atomic E-state index is -3.59. The van der Waals surface area contributed by atoms with E-state index in [0.29, 0.717) is 13.0 Å². The zero-order valence-electron chi connectivity index (χ0n) is 12.0. The van der Waals surface area contributed by atoms with E-state index < -0.39 is 10.0 Å². The van der Waals surface area contributed by atoms with Crippen LogP contribution in [0.1, 0.15) is 24.1 Å². The van der Waals surface area contributed by atoms with Crippen LogP contribution < -0.4 is 10.0 Å². The van der Waals surface area contributed by atoms with Crippen molar-refractivity contribution in [3.05, 3.63) is 41.9 Å². The molecule has 0 fully saturated rings. The van der Waals surface area contributed by atoms with Crippen LogP contribution in [0.3, 0.4) is 0 Å². The van der Waals surface area contributed by atoms with Crippen molar-refractivity contribution in [2.75, 3.05) is 10.8 Å². The Hall–Kier alpha value is -1.86. The van der Waals surface area contributed by atoms with Crippen molar-refractivity contribution in [2.24, 2.45) is 12.8 Å². The van der Waals surface area contributed by atoms with Gasteiger partial charge in [0.1, 0.15) is 0 Å². The molecule has 0 radical (unpaired) electrons. The van der Waals surface area contributed by atoms with E-state index in [1.807, 2.05) is 25.1 Å². The lowest BCUT2D eigenvalue weighted by molar-refractivity contribution is 0.589. The predicted octanol–water partition coefficient (Wildman–Crippen LogP) is 1.19. The van der Waals surface area contributed by atoms with Gasteiger partial charge in [0.25, 0.3) is 10.0 Å². The first-order valence-corrected chi connectivity index (χ1v) is 8.22. The molecule has 1 unspecified atom stereocenters. The molecule has 0 saturated heterocycles. The zero-order valence-corrected chi connectivity index (χ0v) is 12.8. The highest BCUT2D eigenvalue weighted by molar-refractivity contribution is 7.92. The van der Waals surface area contributed by atoms with E-state index in [2.05, 4.69) is 4.98 Å². The van der Waals surface area contributed by atoms with Crippen molar-refractivity contribution in [1.82, 2.24) is 9.55 Å². The molecule has 1 aromatic carbocycles. The first-order valence-electron chi connectivity index (χ1n) is 6.78. The molecular formula is C14H18N4O2S. The van der Waals surface area contributed by atoms with E-state index in [4.69, 9.17) is 5.73 Å². The van der Waals surface area contributed by atoms with E-state index in [0.717, 1.165) is 16.8 Å². The fourth-order valence-corrected chi connectivity index (χ4v) is 4.03. The lowest BCUT2D eigenvalue weighted by Gasteiger charge is -2.18. The summed E-state index contributed by atoms with van der Waals surface area (Å²) in [5, 5.41) is 0.0779. The molecule has 0 bridgehead atoms. The SMILES string of the molecule is CC(N)c1ccc2c(c1)CCN2S(=O)(=O)c1cn(C)cn1. The topological polar surface area (TPSA) is 81.2 Å². The predicted molar refractivity (Wildman–Crippen MR) is 80.5 cm³/mol. The number of hydrogen-bond donors (Lipinski definition) is 1. The van der Waals surface area contributed by atoms with E-state index in [1.54, 1.807) is 11.6 Å². The van der Waals surface area contributed by atoms with Gasteiger partial charge in [0.05, 0.1) is 12.0 Å². The zero-order chi connectivity index (χ0) is 15.2. The van der Waals surface area contributed by atoms with Crippen LogP contribution in [0.5, 0.6) is 0 Å². The van der Waals surface area contributed by atoms with Gasteiger partial charge >= 0.3 is 0 Å². The van der Waals surface area contributed by atoms with Crippen molar-refractivity contribution < 1.29 is 8.42 Å². The number of nitrogens with two attached hydrogens (primary N) is 1. The molecule has 0 saturated carbocycles. The van der Waals surface area contributed by atoms with E-state index >= 15 is 0 Å². The minimum Gasteiger partial charge on any atom is -0.339 e. The molecule has 6 nitrogen and oxygen atoms in total. The molecule has 7 heteroatoms. The van der Waals surface area contributed by atoms with Crippen molar-refractivity contribution >= 4 is 15.7 Å². The Kier molecular flexibility index (Phi) is 3.26. The third-order valence-electron chi connectivity index (χ3n) is 3.72. The number of fused-ring (bicyclic) bond motifs is 1. The van der Waals surface area contributed by atoms with Crippen LogP contribution in [0.25, 0.3) is 0 Å². The monoisotopic (exact) mass is 306 g/mol. The largest absolute Gasteiger partial charge is 0.339 e. The van der Waals surface area contributed by atoms with Gasteiger partial charge in [0.2, 0.25) is 0 Å². The molecule has 0 spiro atoms. The summed E-state index contributed by atoms with van der Waals surface area (Å²) in [5.41, 5.74) is 8.64. The van der Waals surface area contributed by atoms with Gasteiger partial charge in [-0.1, -0.05) is 12.1 Å².